The molecule has 3 heterocycles. The van der Waals surface area contributed by atoms with Crippen LogP contribution in [0.15, 0.2) is 21.5 Å². The fraction of sp³-hybridized carbons (Fsp3) is 0.667. The third kappa shape index (κ3) is 2.20. The second-order valence-corrected chi connectivity index (χ2v) is 6.07. The Kier molecular flexibility index (Phi) is 2.95. The molecule has 20 heavy (non-hydrogen) atoms. The number of aryl methyl sites for hydroxylation is 1. The molecule has 108 valence electrons. The van der Waals surface area contributed by atoms with Gasteiger partial charge in [-0.2, -0.15) is 0 Å². The van der Waals surface area contributed by atoms with Crippen molar-refractivity contribution >= 4 is 5.96 Å². The Balaban J connectivity index is 1.27. The molecule has 1 aromatic heterocycles. The van der Waals surface area contributed by atoms with Crippen LogP contribution >= 0.6 is 0 Å². The van der Waals surface area contributed by atoms with Gasteiger partial charge in [-0.15, -0.1) is 0 Å². The molecule has 2 fully saturated rings. The van der Waals surface area contributed by atoms with Crippen LogP contribution in [-0.2, 0) is 4.74 Å². The summed E-state index contributed by atoms with van der Waals surface area (Å²) in [4.78, 5) is 4.52. The zero-order valence-corrected chi connectivity index (χ0v) is 11.8. The van der Waals surface area contributed by atoms with Crippen LogP contribution in [0.2, 0.25) is 0 Å². The lowest BCUT2D eigenvalue weighted by molar-refractivity contribution is 0.0885. The molecule has 5 heteroatoms. The zero-order chi connectivity index (χ0) is 13.5. The maximum Gasteiger partial charge on any atom is 0.192 e. The van der Waals surface area contributed by atoms with E-state index in [4.69, 9.17) is 9.15 Å². The van der Waals surface area contributed by atoms with E-state index >= 15 is 0 Å². The minimum Gasteiger partial charge on any atom is -0.464 e. The summed E-state index contributed by atoms with van der Waals surface area (Å²) in [5.41, 5.74) is 0. The van der Waals surface area contributed by atoms with E-state index in [2.05, 4.69) is 15.6 Å². The number of ether oxygens (including phenoxy) is 1. The van der Waals surface area contributed by atoms with Gasteiger partial charge in [0, 0.05) is 19.8 Å². The maximum absolute atomic E-state index is 5.65. The summed E-state index contributed by atoms with van der Waals surface area (Å²) in [6, 6.07) is 4.20. The van der Waals surface area contributed by atoms with Crippen LogP contribution in [0.5, 0.6) is 0 Å². The maximum atomic E-state index is 5.65. The first-order valence-corrected chi connectivity index (χ1v) is 7.50. The molecule has 3 aliphatic rings. The summed E-state index contributed by atoms with van der Waals surface area (Å²) in [5.74, 6) is 5.26. The molecule has 0 radical (unpaired) electrons. The van der Waals surface area contributed by atoms with Crippen molar-refractivity contribution < 1.29 is 9.15 Å². The lowest BCUT2D eigenvalue weighted by Crippen LogP contribution is -2.36. The molecule has 0 bridgehead atoms. The van der Waals surface area contributed by atoms with Crippen LogP contribution in [0.3, 0.4) is 0 Å². The van der Waals surface area contributed by atoms with Crippen molar-refractivity contribution in [1.29, 1.82) is 0 Å². The van der Waals surface area contributed by atoms with Gasteiger partial charge in [-0.05, 0) is 43.2 Å². The third-order valence-corrected chi connectivity index (χ3v) is 4.77. The number of aliphatic imine (C=N–C) groups is 1. The van der Waals surface area contributed by atoms with Crippen molar-refractivity contribution in [2.24, 2.45) is 22.7 Å². The monoisotopic (exact) mass is 275 g/mol. The molecule has 1 aliphatic carbocycles. The lowest BCUT2D eigenvalue weighted by atomic mass is 10.2. The summed E-state index contributed by atoms with van der Waals surface area (Å²) in [6.07, 6.45) is 1.23. The third-order valence-electron chi connectivity index (χ3n) is 4.77. The number of nitrogens with one attached hydrogen (secondary N) is 2. The van der Waals surface area contributed by atoms with Gasteiger partial charge in [0.2, 0.25) is 0 Å². The minimum atomic E-state index is 0.177. The van der Waals surface area contributed by atoms with Crippen molar-refractivity contribution in [3.8, 4) is 0 Å². The Bertz CT molecular complexity index is 513. The molecule has 2 aliphatic heterocycles. The van der Waals surface area contributed by atoms with Crippen LogP contribution < -0.4 is 10.6 Å². The number of rotatable bonds is 3. The van der Waals surface area contributed by atoms with E-state index in [-0.39, 0.29) is 6.04 Å². The first-order valence-electron chi connectivity index (χ1n) is 7.50. The van der Waals surface area contributed by atoms with E-state index < -0.39 is 0 Å². The van der Waals surface area contributed by atoms with Crippen molar-refractivity contribution in [3.05, 3.63) is 23.7 Å². The molecule has 1 saturated carbocycles. The summed E-state index contributed by atoms with van der Waals surface area (Å²) in [7, 11) is 0. The Labute approximate surface area is 118 Å². The fourth-order valence-corrected chi connectivity index (χ4v) is 3.50. The zero-order valence-electron chi connectivity index (χ0n) is 11.8. The van der Waals surface area contributed by atoms with E-state index in [1.807, 2.05) is 19.1 Å². The second kappa shape index (κ2) is 4.81. The highest BCUT2D eigenvalue weighted by atomic mass is 16.5. The van der Waals surface area contributed by atoms with Gasteiger partial charge in [0.25, 0.3) is 0 Å². The molecule has 4 rings (SSSR count). The number of furan rings is 1. The highest BCUT2D eigenvalue weighted by molar-refractivity contribution is 5.81. The van der Waals surface area contributed by atoms with Gasteiger partial charge < -0.3 is 19.8 Å². The highest BCUT2D eigenvalue weighted by Gasteiger charge is 2.51. The molecule has 0 aromatic carbocycles. The normalized spacial score (nSPS) is 35.1. The van der Waals surface area contributed by atoms with E-state index in [0.29, 0.717) is 0 Å². The van der Waals surface area contributed by atoms with E-state index in [9.17, 15) is 0 Å². The van der Waals surface area contributed by atoms with Gasteiger partial charge in [-0.3, -0.25) is 4.99 Å². The predicted octanol–water partition coefficient (Wildman–Crippen LogP) is 1.46. The Morgan fingerprint density at radius 3 is 3.10 bits per heavy atom. The molecule has 5 nitrogen and oxygen atoms in total. The topological polar surface area (TPSA) is 58.8 Å². The molecule has 2 N–H and O–H groups in total. The molecular weight excluding hydrogens is 254 g/mol. The van der Waals surface area contributed by atoms with E-state index in [1.54, 1.807) is 0 Å². The summed E-state index contributed by atoms with van der Waals surface area (Å²) < 4.78 is 11.2. The lowest BCUT2D eigenvalue weighted by Gasteiger charge is -2.10. The van der Waals surface area contributed by atoms with Gasteiger partial charge in [-0.25, -0.2) is 0 Å². The van der Waals surface area contributed by atoms with Gasteiger partial charge in [-0.1, -0.05) is 0 Å². The van der Waals surface area contributed by atoms with Crippen LogP contribution in [0, 0.1) is 24.7 Å². The molecule has 0 spiro atoms. The fourth-order valence-electron chi connectivity index (χ4n) is 3.50. The first-order chi connectivity index (χ1) is 9.81. The predicted molar refractivity (Wildman–Crippen MR) is 75.5 cm³/mol. The average molecular weight is 275 g/mol. The standard InChI is InChI=1S/C15H21N3O2/c1-9-2-3-14(20-9)13-7-17-15(18-13)16-6-11-10-4-5-19-8-12(10)11/h2-3,10-13H,4-8H2,1H3,(H2,16,17,18). The van der Waals surface area contributed by atoms with Gasteiger partial charge in [0.05, 0.1) is 6.54 Å². The minimum absolute atomic E-state index is 0.177. The van der Waals surface area contributed by atoms with Crippen molar-refractivity contribution in [2.75, 3.05) is 26.3 Å². The van der Waals surface area contributed by atoms with Crippen LogP contribution in [0.1, 0.15) is 24.0 Å². The number of hydrogen-bond donors (Lipinski definition) is 2. The molecule has 0 amide bonds. The molecule has 1 aromatic rings. The van der Waals surface area contributed by atoms with Crippen molar-refractivity contribution in [3.63, 3.8) is 0 Å². The Morgan fingerprint density at radius 1 is 1.40 bits per heavy atom. The number of fused-ring (bicyclic) bond motifs is 1. The van der Waals surface area contributed by atoms with Crippen LogP contribution in [-0.4, -0.2) is 32.3 Å². The van der Waals surface area contributed by atoms with Gasteiger partial charge in [0.15, 0.2) is 5.96 Å². The summed E-state index contributed by atoms with van der Waals surface area (Å²) in [5, 5.41) is 6.85. The summed E-state index contributed by atoms with van der Waals surface area (Å²) >= 11 is 0. The summed E-state index contributed by atoms with van der Waals surface area (Å²) in [6.45, 7) is 5.61. The van der Waals surface area contributed by atoms with Gasteiger partial charge in [0.1, 0.15) is 17.6 Å². The van der Waals surface area contributed by atoms with Crippen LogP contribution in [0.25, 0.3) is 0 Å². The SMILES string of the molecule is Cc1ccc(C2CN=C(NCC3C4CCOCC43)N2)o1. The van der Waals surface area contributed by atoms with Gasteiger partial charge >= 0.3 is 0 Å². The molecular formula is C15H21N3O2. The number of nitrogens with zero attached hydrogens (tertiary/aromatic N) is 1. The molecule has 4 atom stereocenters. The van der Waals surface area contributed by atoms with Crippen LogP contribution in [0.4, 0.5) is 0 Å². The molecule has 1 saturated heterocycles. The highest BCUT2D eigenvalue weighted by Crippen LogP contribution is 2.50. The van der Waals surface area contributed by atoms with E-state index in [0.717, 1.165) is 61.5 Å². The Hall–Kier alpha value is -1.49. The first kappa shape index (κ1) is 12.3. The Morgan fingerprint density at radius 2 is 2.35 bits per heavy atom. The second-order valence-electron chi connectivity index (χ2n) is 6.07. The van der Waals surface area contributed by atoms with E-state index in [1.165, 1.54) is 6.42 Å². The largest absolute Gasteiger partial charge is 0.464 e. The smallest absolute Gasteiger partial charge is 0.192 e. The molecule has 4 unspecified atom stereocenters. The quantitative estimate of drug-likeness (QED) is 0.877. The number of guanidine groups is 1. The average Bonchev–Trinajstić information content (AvgIpc) is 2.79. The van der Waals surface area contributed by atoms with Crippen molar-refractivity contribution in [2.45, 2.75) is 19.4 Å². The van der Waals surface area contributed by atoms with Crippen molar-refractivity contribution in [1.82, 2.24) is 10.6 Å². The number of hydrogen-bond acceptors (Lipinski definition) is 5.